The zero-order valence-corrected chi connectivity index (χ0v) is 8.59. The molecule has 0 fully saturated rings. The van der Waals surface area contributed by atoms with Crippen molar-refractivity contribution in [1.82, 2.24) is 0 Å². The minimum atomic E-state index is -2.13. The first-order valence-corrected chi connectivity index (χ1v) is 5.74. The number of hydrogen-bond donors (Lipinski definition) is 2. The Bertz CT molecular complexity index is 93.5. The molecule has 0 amide bonds. The van der Waals surface area contributed by atoms with Crippen molar-refractivity contribution < 1.29 is 14.3 Å². The Morgan fingerprint density at radius 3 is 2.08 bits per heavy atom. The summed E-state index contributed by atoms with van der Waals surface area (Å²) < 4.78 is 4.62. The van der Waals surface area contributed by atoms with E-state index in [-0.39, 0.29) is 48.9 Å². The molecule has 0 aliphatic rings. The van der Waals surface area contributed by atoms with Crippen LogP contribution >= 0.6 is 8.60 Å². The van der Waals surface area contributed by atoms with Crippen LogP contribution in [0.2, 0.25) is 0 Å². The van der Waals surface area contributed by atoms with E-state index in [4.69, 9.17) is 9.79 Å². The molecule has 0 aliphatic carbocycles. The van der Waals surface area contributed by atoms with Gasteiger partial charge in [-0.25, -0.2) is 0 Å². The van der Waals surface area contributed by atoms with Gasteiger partial charge in [0.05, 0.1) is 6.61 Å². The third kappa shape index (κ3) is 16.6. The van der Waals surface area contributed by atoms with Gasteiger partial charge in [-0.3, -0.25) is 0 Å². The Morgan fingerprint density at radius 2 is 1.54 bits per heavy atom. The first-order chi connectivity index (χ1) is 5.77. The quantitative estimate of drug-likeness (QED) is 0.403. The van der Waals surface area contributed by atoms with E-state index in [1.165, 1.54) is 25.7 Å². The van der Waals surface area contributed by atoms with Crippen molar-refractivity contribution >= 4 is 57.5 Å². The predicted molar refractivity (Wildman–Crippen MR) is 59.2 cm³/mol. The molecule has 0 aromatic rings. The molecule has 0 bridgehead atoms. The third-order valence-corrected chi connectivity index (χ3v) is 2.12. The summed E-state index contributed by atoms with van der Waals surface area (Å²) in [5.41, 5.74) is 0. The van der Waals surface area contributed by atoms with E-state index in [9.17, 15) is 0 Å². The molecule has 0 aromatic heterocycles. The summed E-state index contributed by atoms with van der Waals surface area (Å²) in [6.45, 7) is 2.67. The van der Waals surface area contributed by atoms with Gasteiger partial charge in [0.25, 0.3) is 0 Å². The molecule has 0 rings (SSSR count). The normalized spacial score (nSPS) is 10.2. The van der Waals surface area contributed by atoms with E-state index in [0.29, 0.717) is 6.61 Å². The van der Waals surface area contributed by atoms with Gasteiger partial charge in [-0.2, -0.15) is 0 Å². The summed E-state index contributed by atoms with van der Waals surface area (Å²) in [5, 5.41) is 0. The van der Waals surface area contributed by atoms with Crippen molar-refractivity contribution in [2.45, 2.75) is 45.4 Å². The summed E-state index contributed by atoms with van der Waals surface area (Å²) in [5.74, 6) is 0. The summed E-state index contributed by atoms with van der Waals surface area (Å²) >= 11 is 0. The first kappa shape index (κ1) is 17.3. The van der Waals surface area contributed by atoms with Crippen molar-refractivity contribution in [3.05, 3.63) is 0 Å². The first-order valence-electron chi connectivity index (χ1n) is 4.58. The monoisotopic (exact) mass is 334 g/mol. The Labute approximate surface area is 122 Å². The molecular formula is C8H21BaO3P. The number of unbranched alkanes of at least 4 members (excludes halogenated alkanes) is 5. The maximum atomic E-state index is 8.39. The number of hydrogen-bond acceptors (Lipinski definition) is 3. The third-order valence-electron chi connectivity index (χ3n) is 1.70. The molecular weight excluding hydrogens is 312 g/mol. The molecule has 5 heteroatoms. The Kier molecular flexibility index (Phi) is 18.5. The Balaban J connectivity index is 0. The number of rotatable bonds is 8. The van der Waals surface area contributed by atoms with Crippen LogP contribution in [-0.4, -0.2) is 65.3 Å². The van der Waals surface area contributed by atoms with Gasteiger partial charge in [0.1, 0.15) is 0 Å². The molecule has 0 spiro atoms. The summed E-state index contributed by atoms with van der Waals surface area (Å²) in [6, 6.07) is 0. The molecule has 0 unspecified atom stereocenters. The fourth-order valence-corrected chi connectivity index (χ4v) is 1.32. The van der Waals surface area contributed by atoms with Crippen LogP contribution in [0.3, 0.4) is 0 Å². The van der Waals surface area contributed by atoms with E-state index in [0.717, 1.165) is 12.8 Å². The van der Waals surface area contributed by atoms with Gasteiger partial charge in [-0.15, -0.1) is 0 Å². The second kappa shape index (κ2) is 13.9. The van der Waals surface area contributed by atoms with E-state index < -0.39 is 8.60 Å². The van der Waals surface area contributed by atoms with Crippen molar-refractivity contribution in [1.29, 1.82) is 0 Å². The average Bonchev–Trinajstić information content (AvgIpc) is 2.02. The van der Waals surface area contributed by atoms with Gasteiger partial charge in [-0.05, 0) is 6.42 Å². The fourth-order valence-electron chi connectivity index (χ4n) is 1.03. The van der Waals surface area contributed by atoms with Crippen LogP contribution in [0.5, 0.6) is 0 Å². The van der Waals surface area contributed by atoms with Crippen LogP contribution in [0.1, 0.15) is 45.4 Å². The topological polar surface area (TPSA) is 49.7 Å². The molecule has 0 aromatic carbocycles. The SMILES string of the molecule is CCCCCCCCOP(O)O.[BaH2]. The predicted octanol–water partition coefficient (Wildman–Crippen LogP) is 1.66. The fraction of sp³-hybridized carbons (Fsp3) is 1.00. The van der Waals surface area contributed by atoms with Crippen LogP contribution in [0.25, 0.3) is 0 Å². The van der Waals surface area contributed by atoms with E-state index in [2.05, 4.69) is 11.4 Å². The molecule has 2 N–H and O–H groups in total. The molecule has 13 heavy (non-hydrogen) atoms. The van der Waals surface area contributed by atoms with Crippen molar-refractivity contribution in [2.24, 2.45) is 0 Å². The Hall–Kier alpha value is 1.88. The molecule has 0 heterocycles. The van der Waals surface area contributed by atoms with E-state index in [1.54, 1.807) is 0 Å². The summed E-state index contributed by atoms with van der Waals surface area (Å²) in [6.07, 6.45) is 7.13. The maximum absolute atomic E-state index is 8.39. The van der Waals surface area contributed by atoms with Crippen LogP contribution < -0.4 is 0 Å². The van der Waals surface area contributed by atoms with Gasteiger partial charge in [0, 0.05) is 0 Å². The molecule has 3 nitrogen and oxygen atoms in total. The van der Waals surface area contributed by atoms with Crippen LogP contribution in [0.15, 0.2) is 0 Å². The van der Waals surface area contributed by atoms with Crippen molar-refractivity contribution in [3.8, 4) is 0 Å². The van der Waals surface area contributed by atoms with Gasteiger partial charge in [0.2, 0.25) is 0 Å². The molecule has 0 atom stereocenters. The zero-order chi connectivity index (χ0) is 9.23. The molecule has 0 aliphatic heterocycles. The van der Waals surface area contributed by atoms with Gasteiger partial charge >= 0.3 is 57.5 Å². The second-order valence-electron chi connectivity index (χ2n) is 2.85. The molecule has 78 valence electrons. The van der Waals surface area contributed by atoms with Gasteiger partial charge in [0.15, 0.2) is 0 Å². The standard InChI is InChI=1S/C8H19O3P.Ba.2H/c1-2-3-4-5-6-7-8-11-12(9)10;;;/h9-10H,2-8H2,1H3;;;. The molecule has 0 saturated heterocycles. The zero-order valence-electron chi connectivity index (χ0n) is 7.70. The van der Waals surface area contributed by atoms with Crippen molar-refractivity contribution in [3.63, 3.8) is 0 Å². The van der Waals surface area contributed by atoms with Gasteiger partial charge < -0.3 is 14.3 Å². The minimum absolute atomic E-state index is 0. The van der Waals surface area contributed by atoms with Crippen molar-refractivity contribution in [2.75, 3.05) is 6.61 Å². The van der Waals surface area contributed by atoms with E-state index >= 15 is 0 Å². The average molecular weight is 334 g/mol. The van der Waals surface area contributed by atoms with Crippen LogP contribution in [-0.2, 0) is 4.52 Å². The molecule has 0 saturated carbocycles. The van der Waals surface area contributed by atoms with Gasteiger partial charge in [-0.1, -0.05) is 39.0 Å². The molecule has 0 radical (unpaired) electrons. The van der Waals surface area contributed by atoms with E-state index in [1.807, 2.05) is 0 Å². The summed E-state index contributed by atoms with van der Waals surface area (Å²) in [7, 11) is -2.13. The van der Waals surface area contributed by atoms with Crippen LogP contribution in [0.4, 0.5) is 0 Å². The second-order valence-corrected chi connectivity index (χ2v) is 3.62. The summed E-state index contributed by atoms with van der Waals surface area (Å²) in [4.78, 5) is 16.8. The Morgan fingerprint density at radius 1 is 1.00 bits per heavy atom. The van der Waals surface area contributed by atoms with Crippen LogP contribution in [0, 0.1) is 0 Å².